The number of rotatable bonds is 5. The molecule has 0 aromatic carbocycles. The van der Waals surface area contributed by atoms with Crippen LogP contribution in [0.5, 0.6) is 0 Å². The monoisotopic (exact) mass is 261 g/mol. The van der Waals surface area contributed by atoms with Crippen LogP contribution in [-0.4, -0.2) is 15.9 Å². The fraction of sp³-hybridized carbons (Fsp3) is 0.231. The predicted octanol–water partition coefficient (Wildman–Crippen LogP) is 2.75. The zero-order valence-corrected chi connectivity index (χ0v) is 10.9. The summed E-state index contributed by atoms with van der Waals surface area (Å²) < 4.78 is 0. The third-order valence-corrected chi connectivity index (χ3v) is 3.35. The molecule has 5 heteroatoms. The van der Waals surface area contributed by atoms with Crippen molar-refractivity contribution in [2.75, 3.05) is 0 Å². The zero-order valence-electron chi connectivity index (χ0n) is 10.1. The van der Waals surface area contributed by atoms with E-state index in [1.165, 1.54) is 0 Å². The van der Waals surface area contributed by atoms with Crippen molar-refractivity contribution in [2.24, 2.45) is 0 Å². The van der Waals surface area contributed by atoms with E-state index in [-0.39, 0.29) is 11.9 Å². The standard InChI is InChI=1S/C13H15N3OS/c1-2-11(13-14-7-8-15-13)16-12(17)6-5-10-4-3-9-18-10/h3-9,11H,2H2,1H3,(H,14,15)(H,16,17)/b6-5+. The van der Waals surface area contributed by atoms with Gasteiger partial charge in [0.25, 0.3) is 0 Å². The van der Waals surface area contributed by atoms with Gasteiger partial charge in [-0.1, -0.05) is 13.0 Å². The maximum absolute atomic E-state index is 11.8. The van der Waals surface area contributed by atoms with Gasteiger partial charge in [0, 0.05) is 23.3 Å². The maximum Gasteiger partial charge on any atom is 0.244 e. The number of H-pyrrole nitrogens is 1. The van der Waals surface area contributed by atoms with Crippen molar-refractivity contribution in [2.45, 2.75) is 19.4 Å². The van der Waals surface area contributed by atoms with Crippen LogP contribution in [0.3, 0.4) is 0 Å². The van der Waals surface area contributed by atoms with Gasteiger partial charge in [-0.2, -0.15) is 0 Å². The molecule has 0 saturated carbocycles. The van der Waals surface area contributed by atoms with Crippen LogP contribution in [0, 0.1) is 0 Å². The van der Waals surface area contributed by atoms with Gasteiger partial charge in [0.1, 0.15) is 5.82 Å². The molecule has 0 aliphatic carbocycles. The highest BCUT2D eigenvalue weighted by atomic mass is 32.1. The highest BCUT2D eigenvalue weighted by molar-refractivity contribution is 7.10. The van der Waals surface area contributed by atoms with Crippen LogP contribution in [0.25, 0.3) is 6.08 Å². The summed E-state index contributed by atoms with van der Waals surface area (Å²) in [6.45, 7) is 2.01. The maximum atomic E-state index is 11.8. The van der Waals surface area contributed by atoms with E-state index in [2.05, 4.69) is 15.3 Å². The number of carbonyl (C=O) groups excluding carboxylic acids is 1. The predicted molar refractivity (Wildman–Crippen MR) is 73.1 cm³/mol. The molecule has 1 unspecified atom stereocenters. The van der Waals surface area contributed by atoms with E-state index in [9.17, 15) is 4.79 Å². The molecule has 1 amide bonds. The first-order chi connectivity index (χ1) is 8.79. The molecule has 2 aromatic heterocycles. The molecule has 0 spiro atoms. The number of nitrogens with zero attached hydrogens (tertiary/aromatic N) is 1. The molecule has 18 heavy (non-hydrogen) atoms. The third kappa shape index (κ3) is 3.30. The quantitative estimate of drug-likeness (QED) is 0.813. The van der Waals surface area contributed by atoms with Gasteiger partial charge in [0.15, 0.2) is 0 Å². The van der Waals surface area contributed by atoms with Gasteiger partial charge < -0.3 is 10.3 Å². The van der Waals surface area contributed by atoms with Gasteiger partial charge in [-0.05, 0) is 23.9 Å². The number of nitrogens with one attached hydrogen (secondary N) is 2. The van der Waals surface area contributed by atoms with E-state index in [1.807, 2.05) is 30.5 Å². The lowest BCUT2D eigenvalue weighted by Gasteiger charge is -2.12. The molecule has 2 N–H and O–H groups in total. The smallest absolute Gasteiger partial charge is 0.244 e. The summed E-state index contributed by atoms with van der Waals surface area (Å²) in [4.78, 5) is 20.0. The normalized spacial score (nSPS) is 12.7. The summed E-state index contributed by atoms with van der Waals surface area (Å²) in [5.74, 6) is 0.682. The van der Waals surface area contributed by atoms with Crippen LogP contribution < -0.4 is 5.32 Å². The Bertz CT molecular complexity index is 502. The van der Waals surface area contributed by atoms with Gasteiger partial charge in [0.2, 0.25) is 5.91 Å². The number of amides is 1. The van der Waals surface area contributed by atoms with E-state index in [0.717, 1.165) is 17.1 Å². The SMILES string of the molecule is CCC(NC(=O)/C=C/c1cccs1)c1ncc[nH]1. The highest BCUT2D eigenvalue weighted by Crippen LogP contribution is 2.12. The Balaban J connectivity index is 1.94. The van der Waals surface area contributed by atoms with Gasteiger partial charge in [-0.25, -0.2) is 4.98 Å². The molecule has 0 aliphatic rings. The summed E-state index contributed by atoms with van der Waals surface area (Å²) in [6, 6.07) is 3.86. The van der Waals surface area contributed by atoms with Gasteiger partial charge in [-0.3, -0.25) is 4.79 Å². The molecule has 1 atom stereocenters. The summed E-state index contributed by atoms with van der Waals surface area (Å²) in [5.41, 5.74) is 0. The average molecular weight is 261 g/mol. The Morgan fingerprint density at radius 3 is 3.17 bits per heavy atom. The van der Waals surface area contributed by atoms with Crippen LogP contribution in [0.2, 0.25) is 0 Å². The van der Waals surface area contributed by atoms with Crippen molar-refractivity contribution in [3.63, 3.8) is 0 Å². The van der Waals surface area contributed by atoms with Crippen molar-refractivity contribution in [3.8, 4) is 0 Å². The van der Waals surface area contributed by atoms with Crippen molar-refractivity contribution in [1.29, 1.82) is 0 Å². The number of aromatic amines is 1. The second-order valence-corrected chi connectivity index (χ2v) is 4.77. The first-order valence-electron chi connectivity index (χ1n) is 5.81. The third-order valence-electron chi connectivity index (χ3n) is 2.52. The number of carbonyl (C=O) groups is 1. The minimum Gasteiger partial charge on any atom is -0.347 e. The van der Waals surface area contributed by atoms with Crippen molar-refractivity contribution in [3.05, 3.63) is 46.7 Å². The summed E-state index contributed by atoms with van der Waals surface area (Å²) >= 11 is 1.60. The van der Waals surface area contributed by atoms with Crippen LogP contribution in [0.4, 0.5) is 0 Å². The van der Waals surface area contributed by atoms with E-state index < -0.39 is 0 Å². The number of hydrogen-bond acceptors (Lipinski definition) is 3. The van der Waals surface area contributed by atoms with Crippen LogP contribution >= 0.6 is 11.3 Å². The molecule has 2 heterocycles. The molecule has 2 aromatic rings. The minimum absolute atomic E-state index is 0.0690. The van der Waals surface area contributed by atoms with E-state index in [0.29, 0.717) is 0 Å². The lowest BCUT2D eigenvalue weighted by Crippen LogP contribution is -2.27. The van der Waals surface area contributed by atoms with Gasteiger partial charge >= 0.3 is 0 Å². The molecule has 94 valence electrons. The molecular formula is C13H15N3OS. The minimum atomic E-state index is -0.105. The molecule has 0 fully saturated rings. The number of thiophene rings is 1. The van der Waals surface area contributed by atoms with Gasteiger partial charge in [0.05, 0.1) is 6.04 Å². The molecular weight excluding hydrogens is 246 g/mol. The molecule has 0 aliphatic heterocycles. The summed E-state index contributed by atoms with van der Waals surface area (Å²) in [6.07, 6.45) is 7.61. The fourth-order valence-corrected chi connectivity index (χ4v) is 2.21. The van der Waals surface area contributed by atoms with Crippen LogP contribution in [0.15, 0.2) is 36.0 Å². The second kappa shape index (κ2) is 6.16. The Labute approximate surface area is 110 Å². The molecule has 0 bridgehead atoms. The van der Waals surface area contributed by atoms with E-state index in [1.54, 1.807) is 29.8 Å². The van der Waals surface area contributed by atoms with Crippen molar-refractivity contribution in [1.82, 2.24) is 15.3 Å². The Morgan fingerprint density at radius 2 is 2.56 bits per heavy atom. The Kier molecular flexibility index (Phi) is 4.30. The number of hydrogen-bond donors (Lipinski definition) is 2. The summed E-state index contributed by atoms with van der Waals surface area (Å²) in [7, 11) is 0. The zero-order chi connectivity index (χ0) is 12.8. The highest BCUT2D eigenvalue weighted by Gasteiger charge is 2.12. The summed E-state index contributed by atoms with van der Waals surface area (Å²) in [5, 5.41) is 4.90. The first-order valence-corrected chi connectivity index (χ1v) is 6.69. The molecule has 4 nitrogen and oxygen atoms in total. The molecule has 2 rings (SSSR count). The second-order valence-electron chi connectivity index (χ2n) is 3.79. The lowest BCUT2D eigenvalue weighted by molar-refractivity contribution is -0.117. The lowest BCUT2D eigenvalue weighted by atomic mass is 10.2. The molecule has 0 saturated heterocycles. The largest absolute Gasteiger partial charge is 0.347 e. The first kappa shape index (κ1) is 12.6. The fourth-order valence-electron chi connectivity index (χ4n) is 1.60. The Hall–Kier alpha value is -1.88. The Morgan fingerprint density at radius 1 is 1.67 bits per heavy atom. The molecule has 0 radical (unpaired) electrons. The van der Waals surface area contributed by atoms with E-state index in [4.69, 9.17) is 0 Å². The number of aromatic nitrogens is 2. The van der Waals surface area contributed by atoms with Crippen molar-refractivity contribution >= 4 is 23.3 Å². The van der Waals surface area contributed by atoms with Gasteiger partial charge in [-0.15, -0.1) is 11.3 Å². The van der Waals surface area contributed by atoms with Crippen LogP contribution in [-0.2, 0) is 4.79 Å². The number of imidazole rings is 1. The van der Waals surface area contributed by atoms with Crippen LogP contribution in [0.1, 0.15) is 30.1 Å². The van der Waals surface area contributed by atoms with Crippen molar-refractivity contribution < 1.29 is 4.79 Å². The average Bonchev–Trinajstić information content (AvgIpc) is 3.05. The van der Waals surface area contributed by atoms with E-state index >= 15 is 0 Å². The topological polar surface area (TPSA) is 57.8 Å².